The second-order valence-corrected chi connectivity index (χ2v) is 6.20. The molecule has 3 N–H and O–H groups in total. The van der Waals surface area contributed by atoms with Crippen molar-refractivity contribution in [3.05, 3.63) is 35.1 Å². The molecule has 4 heteroatoms. The van der Waals surface area contributed by atoms with Crippen LogP contribution < -0.4 is 5.73 Å². The van der Waals surface area contributed by atoms with Crippen LogP contribution in [0.15, 0.2) is 18.2 Å². The van der Waals surface area contributed by atoms with Gasteiger partial charge in [-0.15, -0.1) is 0 Å². The monoisotopic (exact) mass is 277 g/mol. The van der Waals surface area contributed by atoms with Crippen LogP contribution in [0.25, 0.3) is 0 Å². The van der Waals surface area contributed by atoms with Crippen LogP contribution in [-0.2, 0) is 6.54 Å². The topological polar surface area (TPSA) is 53.1 Å². The molecule has 0 aromatic heterocycles. The van der Waals surface area contributed by atoms with Gasteiger partial charge in [-0.1, -0.05) is 19.9 Å². The number of nitrogens with one attached hydrogen (secondary N) is 1. The minimum absolute atomic E-state index is 0.0646. The van der Waals surface area contributed by atoms with E-state index < -0.39 is 0 Å². The van der Waals surface area contributed by atoms with Crippen molar-refractivity contribution in [3.8, 4) is 0 Å². The Labute approximate surface area is 120 Å². The Morgan fingerprint density at radius 2 is 2.10 bits per heavy atom. The quantitative estimate of drug-likeness (QED) is 0.659. The van der Waals surface area contributed by atoms with Gasteiger partial charge in [0.05, 0.1) is 0 Å². The standard InChI is InChI=1S/C16H24FN3/c1-10-6-11(2)12(3)20(8-10)9-13-4-5-14(17)7-15(13)16(18)19/h4-5,7,10-12H,6,8-9H2,1-3H3,(H3,18,19). The van der Waals surface area contributed by atoms with E-state index in [4.69, 9.17) is 11.1 Å². The van der Waals surface area contributed by atoms with E-state index in [0.717, 1.165) is 18.7 Å². The van der Waals surface area contributed by atoms with E-state index in [1.54, 1.807) is 6.07 Å². The van der Waals surface area contributed by atoms with Gasteiger partial charge < -0.3 is 5.73 Å². The summed E-state index contributed by atoms with van der Waals surface area (Å²) in [6.45, 7) is 8.56. The number of halogens is 1. The van der Waals surface area contributed by atoms with E-state index in [-0.39, 0.29) is 11.7 Å². The van der Waals surface area contributed by atoms with Crippen LogP contribution in [0.1, 0.15) is 38.3 Å². The number of nitrogens with two attached hydrogens (primary N) is 1. The molecule has 0 spiro atoms. The molecule has 2 rings (SSSR count). The normalized spacial score (nSPS) is 27.5. The number of hydrogen-bond donors (Lipinski definition) is 2. The molecule has 1 fully saturated rings. The Hall–Kier alpha value is -1.42. The molecule has 1 heterocycles. The molecule has 1 saturated heterocycles. The summed E-state index contributed by atoms with van der Waals surface area (Å²) in [6, 6.07) is 5.06. The molecule has 3 unspecified atom stereocenters. The van der Waals surface area contributed by atoms with Gasteiger partial charge in [0.25, 0.3) is 0 Å². The lowest BCUT2D eigenvalue weighted by molar-refractivity contribution is 0.0729. The molecule has 20 heavy (non-hydrogen) atoms. The van der Waals surface area contributed by atoms with Crippen LogP contribution in [0.2, 0.25) is 0 Å². The van der Waals surface area contributed by atoms with E-state index in [1.807, 2.05) is 0 Å². The number of amidine groups is 1. The third-order valence-corrected chi connectivity index (χ3v) is 4.46. The average Bonchev–Trinajstić information content (AvgIpc) is 2.37. The molecule has 0 aliphatic carbocycles. The molecular formula is C16H24FN3. The van der Waals surface area contributed by atoms with E-state index >= 15 is 0 Å². The fourth-order valence-corrected chi connectivity index (χ4v) is 3.20. The zero-order chi connectivity index (χ0) is 14.9. The number of benzene rings is 1. The highest BCUT2D eigenvalue weighted by Crippen LogP contribution is 2.28. The Morgan fingerprint density at radius 3 is 2.75 bits per heavy atom. The summed E-state index contributed by atoms with van der Waals surface area (Å²) in [5, 5.41) is 7.61. The van der Waals surface area contributed by atoms with Gasteiger partial charge in [-0.2, -0.15) is 0 Å². The first-order valence-electron chi connectivity index (χ1n) is 7.25. The summed E-state index contributed by atoms with van der Waals surface area (Å²) in [6.07, 6.45) is 1.25. The van der Waals surface area contributed by atoms with Crippen molar-refractivity contribution in [1.29, 1.82) is 5.41 Å². The molecule has 0 radical (unpaired) electrons. The maximum absolute atomic E-state index is 13.3. The molecule has 1 aliphatic rings. The van der Waals surface area contributed by atoms with Crippen LogP contribution >= 0.6 is 0 Å². The van der Waals surface area contributed by atoms with Crippen LogP contribution in [0.4, 0.5) is 4.39 Å². The first-order chi connectivity index (χ1) is 9.38. The third-order valence-electron chi connectivity index (χ3n) is 4.46. The fraction of sp³-hybridized carbons (Fsp3) is 0.562. The number of rotatable bonds is 3. The molecule has 1 aromatic rings. The van der Waals surface area contributed by atoms with Crippen molar-refractivity contribution in [2.24, 2.45) is 17.6 Å². The highest BCUT2D eigenvalue weighted by atomic mass is 19.1. The van der Waals surface area contributed by atoms with Crippen LogP contribution in [0.5, 0.6) is 0 Å². The second-order valence-electron chi connectivity index (χ2n) is 6.20. The van der Waals surface area contributed by atoms with E-state index in [1.165, 1.54) is 18.6 Å². The zero-order valence-corrected chi connectivity index (χ0v) is 12.5. The van der Waals surface area contributed by atoms with Crippen molar-refractivity contribution >= 4 is 5.84 Å². The van der Waals surface area contributed by atoms with Gasteiger partial charge in [-0.3, -0.25) is 10.3 Å². The summed E-state index contributed by atoms with van der Waals surface area (Å²) in [7, 11) is 0. The van der Waals surface area contributed by atoms with Crippen molar-refractivity contribution < 1.29 is 4.39 Å². The predicted octanol–water partition coefficient (Wildman–Crippen LogP) is 2.98. The Kier molecular flexibility index (Phi) is 4.43. The van der Waals surface area contributed by atoms with Gasteiger partial charge in [0.15, 0.2) is 0 Å². The van der Waals surface area contributed by atoms with Gasteiger partial charge in [0.2, 0.25) is 0 Å². The smallest absolute Gasteiger partial charge is 0.123 e. The largest absolute Gasteiger partial charge is 0.384 e. The lowest BCUT2D eigenvalue weighted by Gasteiger charge is -2.41. The van der Waals surface area contributed by atoms with E-state index in [9.17, 15) is 4.39 Å². The Morgan fingerprint density at radius 1 is 1.40 bits per heavy atom. The Bertz CT molecular complexity index is 500. The molecule has 3 nitrogen and oxygen atoms in total. The highest BCUT2D eigenvalue weighted by Gasteiger charge is 2.29. The number of nitrogens with zero attached hydrogens (tertiary/aromatic N) is 1. The van der Waals surface area contributed by atoms with Crippen molar-refractivity contribution in [2.45, 2.75) is 39.8 Å². The summed E-state index contributed by atoms with van der Waals surface area (Å²) >= 11 is 0. The first kappa shape index (κ1) is 15.0. The third kappa shape index (κ3) is 3.18. The van der Waals surface area contributed by atoms with E-state index in [2.05, 4.69) is 25.7 Å². The van der Waals surface area contributed by atoms with Crippen LogP contribution in [-0.4, -0.2) is 23.3 Å². The van der Waals surface area contributed by atoms with Crippen molar-refractivity contribution in [3.63, 3.8) is 0 Å². The molecule has 0 amide bonds. The molecule has 1 aliphatic heterocycles. The molecule has 3 atom stereocenters. The molecule has 110 valence electrons. The van der Waals surface area contributed by atoms with E-state index in [0.29, 0.717) is 23.4 Å². The SMILES string of the molecule is CC1CC(C)C(C)N(Cc2ccc(F)cc2C(=N)N)C1. The Balaban J connectivity index is 2.23. The van der Waals surface area contributed by atoms with Gasteiger partial charge in [0, 0.05) is 24.7 Å². The summed E-state index contributed by atoms with van der Waals surface area (Å²) in [4.78, 5) is 2.42. The number of piperidine rings is 1. The average molecular weight is 277 g/mol. The molecule has 1 aromatic carbocycles. The lowest BCUT2D eigenvalue weighted by Crippen LogP contribution is -2.45. The predicted molar refractivity (Wildman–Crippen MR) is 80.2 cm³/mol. The molecule has 0 bridgehead atoms. The fourth-order valence-electron chi connectivity index (χ4n) is 3.20. The maximum atomic E-state index is 13.3. The molecule has 0 saturated carbocycles. The second kappa shape index (κ2) is 5.92. The van der Waals surface area contributed by atoms with Gasteiger partial charge in [0.1, 0.15) is 11.7 Å². The number of nitrogen functional groups attached to an aromatic ring is 1. The van der Waals surface area contributed by atoms with Crippen LogP contribution in [0.3, 0.4) is 0 Å². The highest BCUT2D eigenvalue weighted by molar-refractivity contribution is 5.96. The summed E-state index contributed by atoms with van der Waals surface area (Å²) < 4.78 is 13.3. The minimum Gasteiger partial charge on any atom is -0.384 e. The first-order valence-corrected chi connectivity index (χ1v) is 7.25. The summed E-state index contributed by atoms with van der Waals surface area (Å²) in [5.41, 5.74) is 7.03. The number of hydrogen-bond acceptors (Lipinski definition) is 2. The van der Waals surface area contributed by atoms with Crippen molar-refractivity contribution in [1.82, 2.24) is 4.90 Å². The minimum atomic E-state index is -0.340. The number of likely N-dealkylation sites (tertiary alicyclic amines) is 1. The van der Waals surface area contributed by atoms with Crippen LogP contribution in [0, 0.1) is 23.1 Å². The molecular weight excluding hydrogens is 253 g/mol. The van der Waals surface area contributed by atoms with Gasteiger partial charge in [-0.25, -0.2) is 4.39 Å². The lowest BCUT2D eigenvalue weighted by atomic mass is 9.85. The zero-order valence-electron chi connectivity index (χ0n) is 12.5. The maximum Gasteiger partial charge on any atom is 0.123 e. The van der Waals surface area contributed by atoms with Gasteiger partial charge in [-0.05, 0) is 42.9 Å². The van der Waals surface area contributed by atoms with Gasteiger partial charge >= 0.3 is 0 Å². The van der Waals surface area contributed by atoms with Crippen molar-refractivity contribution in [2.75, 3.05) is 6.54 Å². The summed E-state index contributed by atoms with van der Waals surface area (Å²) in [5.74, 6) is 0.917.